The van der Waals surface area contributed by atoms with Gasteiger partial charge in [0.2, 0.25) is 0 Å². The van der Waals surface area contributed by atoms with E-state index >= 15 is 0 Å². The maximum absolute atomic E-state index is 13.1. The predicted molar refractivity (Wildman–Crippen MR) is 445 cm³/mol. The van der Waals surface area contributed by atoms with E-state index in [4.69, 9.17) is 37.0 Å². The predicted octanol–water partition coefficient (Wildman–Crippen LogP) is 24.8. The zero-order valence-electron chi connectivity index (χ0n) is 67.5. The van der Waals surface area contributed by atoms with Gasteiger partial charge in [0.1, 0.15) is 19.3 Å². The molecule has 0 spiro atoms. The minimum absolute atomic E-state index is 0.0710. The SMILES string of the molecule is CC/C=C\C/C=C\C/C=C\C/C=C\C/C=C\CCCCCC(=O)OCC(COP(=O)(O)OCC(O)COP(=O)(O)OCC(COC(=O)CCCCCCCC/C=C\C/C=C\C/C=C\C/C=C\CC)OC(=O)CCCCCCC/C=C\CCCCCC)OC(=O)CCCCCCCCC/C=C\C/C=C\C/C=C\CC. The molecule has 3 N–H and O–H groups in total. The van der Waals surface area contributed by atoms with Crippen LogP contribution in [0.15, 0.2) is 158 Å². The van der Waals surface area contributed by atoms with Crippen LogP contribution in [0.4, 0.5) is 0 Å². The van der Waals surface area contributed by atoms with Gasteiger partial charge in [0.25, 0.3) is 0 Å². The summed E-state index contributed by atoms with van der Waals surface area (Å²) in [6, 6.07) is 0. The zero-order chi connectivity index (χ0) is 78.9. The van der Waals surface area contributed by atoms with E-state index in [0.717, 1.165) is 218 Å². The first-order valence-electron chi connectivity index (χ1n) is 41.7. The molecule has 0 rings (SSSR count). The van der Waals surface area contributed by atoms with E-state index in [0.29, 0.717) is 25.7 Å². The van der Waals surface area contributed by atoms with Crippen LogP contribution in [0.25, 0.3) is 0 Å². The van der Waals surface area contributed by atoms with Gasteiger partial charge in [0.15, 0.2) is 12.2 Å². The van der Waals surface area contributed by atoms with Crippen LogP contribution < -0.4 is 0 Å². The van der Waals surface area contributed by atoms with E-state index in [1.807, 2.05) is 0 Å². The molecule has 17 nitrogen and oxygen atoms in total. The Kier molecular flexibility index (Phi) is 75.8. The molecule has 0 fully saturated rings. The Morgan fingerprint density at radius 1 is 0.269 bits per heavy atom. The number of hydrogen-bond acceptors (Lipinski definition) is 15. The Hall–Kier alpha value is -5.32. The molecule has 0 aromatic rings. The lowest BCUT2D eigenvalue weighted by Crippen LogP contribution is -2.30. The summed E-state index contributed by atoms with van der Waals surface area (Å²) in [5, 5.41) is 10.7. The second kappa shape index (κ2) is 79.8. The highest BCUT2D eigenvalue weighted by Gasteiger charge is 2.30. The van der Waals surface area contributed by atoms with Gasteiger partial charge in [-0.3, -0.25) is 37.3 Å². The summed E-state index contributed by atoms with van der Waals surface area (Å²) in [5.74, 6) is -2.25. The number of phosphoric acid groups is 2. The highest BCUT2D eigenvalue weighted by molar-refractivity contribution is 7.47. The molecule has 0 aromatic carbocycles. The van der Waals surface area contributed by atoms with E-state index in [2.05, 4.69) is 186 Å². The fourth-order valence-corrected chi connectivity index (χ4v) is 12.3. The number of allylic oxidation sites excluding steroid dienone is 26. The van der Waals surface area contributed by atoms with Crippen molar-refractivity contribution in [1.29, 1.82) is 0 Å². The first-order chi connectivity index (χ1) is 52.7. The lowest BCUT2D eigenvalue weighted by atomic mass is 10.1. The first kappa shape index (κ1) is 103. The van der Waals surface area contributed by atoms with Gasteiger partial charge in [-0.25, -0.2) is 9.13 Å². The molecule has 5 unspecified atom stereocenters. The summed E-state index contributed by atoms with van der Waals surface area (Å²) in [6.07, 6.45) is 93.5. The highest BCUT2D eigenvalue weighted by atomic mass is 31.2. The van der Waals surface area contributed by atoms with Crippen molar-refractivity contribution in [3.63, 3.8) is 0 Å². The summed E-state index contributed by atoms with van der Waals surface area (Å²) >= 11 is 0. The van der Waals surface area contributed by atoms with E-state index in [1.165, 1.54) is 25.7 Å². The summed E-state index contributed by atoms with van der Waals surface area (Å²) in [6.45, 7) is 4.47. The molecule has 0 amide bonds. The third-order valence-corrected chi connectivity index (χ3v) is 18.9. The molecule has 0 heterocycles. The second-order valence-corrected chi connectivity index (χ2v) is 30.2. The van der Waals surface area contributed by atoms with Crippen molar-refractivity contribution in [3.8, 4) is 0 Å². The second-order valence-electron chi connectivity index (χ2n) is 27.3. The number of aliphatic hydroxyl groups is 1. The van der Waals surface area contributed by atoms with Gasteiger partial charge in [0.05, 0.1) is 26.4 Å². The number of phosphoric ester groups is 2. The van der Waals surface area contributed by atoms with Gasteiger partial charge in [-0.2, -0.15) is 0 Å². The van der Waals surface area contributed by atoms with Crippen molar-refractivity contribution in [2.24, 2.45) is 0 Å². The topological polar surface area (TPSA) is 237 Å². The molecule has 5 atom stereocenters. The number of carbonyl (C=O) groups is 4. The van der Waals surface area contributed by atoms with Crippen molar-refractivity contribution < 1.29 is 80.2 Å². The third kappa shape index (κ3) is 78.8. The van der Waals surface area contributed by atoms with E-state index in [9.17, 15) is 43.2 Å². The van der Waals surface area contributed by atoms with Gasteiger partial charge in [-0.1, -0.05) is 288 Å². The molecule has 0 aliphatic rings. The van der Waals surface area contributed by atoms with Crippen LogP contribution in [-0.4, -0.2) is 96.7 Å². The lowest BCUT2D eigenvalue weighted by molar-refractivity contribution is -0.161. The first-order valence-corrected chi connectivity index (χ1v) is 44.7. The quantitative estimate of drug-likeness (QED) is 0.0169. The van der Waals surface area contributed by atoms with Gasteiger partial charge >= 0.3 is 39.5 Å². The average molecular weight is 1550 g/mol. The van der Waals surface area contributed by atoms with Crippen molar-refractivity contribution >= 4 is 39.5 Å². The maximum atomic E-state index is 13.1. The largest absolute Gasteiger partial charge is 0.472 e. The molecule has 0 aliphatic carbocycles. The molecule has 0 saturated heterocycles. The minimum atomic E-state index is -5.00. The van der Waals surface area contributed by atoms with E-state index in [1.54, 1.807) is 0 Å². The number of aliphatic hydroxyl groups excluding tert-OH is 1. The molecule has 0 aromatic heterocycles. The van der Waals surface area contributed by atoms with Gasteiger partial charge < -0.3 is 33.8 Å². The fourth-order valence-electron chi connectivity index (χ4n) is 10.7. The molecule has 616 valence electrons. The molecule has 19 heteroatoms. The van der Waals surface area contributed by atoms with Crippen molar-refractivity contribution in [1.82, 2.24) is 0 Å². The number of rotatable bonds is 77. The van der Waals surface area contributed by atoms with Crippen LogP contribution in [0.5, 0.6) is 0 Å². The molecular weight excluding hydrogens is 1400 g/mol. The van der Waals surface area contributed by atoms with E-state index in [-0.39, 0.29) is 25.7 Å². The Labute approximate surface area is 655 Å². The Bertz CT molecular complexity index is 2660. The average Bonchev–Trinajstić information content (AvgIpc) is 0.886. The number of hydrogen-bond donors (Lipinski definition) is 3. The van der Waals surface area contributed by atoms with Gasteiger partial charge in [-0.05, 0) is 167 Å². The third-order valence-electron chi connectivity index (χ3n) is 17.0. The fraction of sp³-hybridized carbons (Fsp3) is 0.663. The van der Waals surface area contributed by atoms with Crippen LogP contribution in [0.1, 0.15) is 323 Å². The molecule has 108 heavy (non-hydrogen) atoms. The van der Waals surface area contributed by atoms with Crippen LogP contribution in [0.3, 0.4) is 0 Å². The highest BCUT2D eigenvalue weighted by Crippen LogP contribution is 2.45. The van der Waals surface area contributed by atoms with Crippen LogP contribution in [0, 0.1) is 0 Å². The number of unbranched alkanes of at least 4 members (excludes halogenated alkanes) is 25. The Morgan fingerprint density at radius 2 is 0.481 bits per heavy atom. The number of ether oxygens (including phenoxy) is 4. The lowest BCUT2D eigenvalue weighted by Gasteiger charge is -2.21. The van der Waals surface area contributed by atoms with Crippen LogP contribution >= 0.6 is 15.6 Å². The number of esters is 4. The standard InChI is InChI=1S/C89H148O17P2/c1-5-9-13-17-21-25-29-33-36-39-41-44-46-50-53-57-61-65-69-73-86(91)99-79-84(105-88(93)75-71-67-63-59-55-49-32-28-24-20-16-12-8-4)81-103-107(95,96)101-77-83(90)78-102-108(97,98)104-82-85(106-89(94)76-72-68-64-60-56-52-48-43-38-35-31-27-23-19-15-11-7-3)80-100-87(92)74-70-66-62-58-54-51-47-45-42-40-37-34-30-26-22-18-14-10-6-2/h9-11,13-15,21-23,25-28,32-38,41-42,44-45,51,54,83-85,90H,5-8,12,16-20,24,29-31,39-40,43,46-50,52-53,55-82H2,1-4H3,(H,95,96)(H,97,98)/b13-9-,14-10-,15-11-,25-21-,26-22-,27-23-,32-28-,36-33-,37-34-,38-35-,44-41-,45-42-,54-51-. The molecule has 0 saturated carbocycles. The monoisotopic (exact) mass is 1550 g/mol. The van der Waals surface area contributed by atoms with Crippen molar-refractivity contribution in [2.45, 2.75) is 341 Å². The van der Waals surface area contributed by atoms with Crippen LogP contribution in [0.2, 0.25) is 0 Å². The van der Waals surface area contributed by atoms with Gasteiger partial charge in [0, 0.05) is 25.7 Å². The van der Waals surface area contributed by atoms with E-state index < -0.39 is 97.5 Å². The minimum Gasteiger partial charge on any atom is -0.462 e. The maximum Gasteiger partial charge on any atom is 0.472 e. The smallest absolute Gasteiger partial charge is 0.462 e. The zero-order valence-corrected chi connectivity index (χ0v) is 69.3. The Balaban J connectivity index is 5.42. The molecule has 0 radical (unpaired) electrons. The van der Waals surface area contributed by atoms with Gasteiger partial charge in [-0.15, -0.1) is 0 Å². The molecule has 0 aliphatic heterocycles. The molecule has 0 bridgehead atoms. The summed E-state index contributed by atoms with van der Waals surface area (Å²) in [4.78, 5) is 73.2. The van der Waals surface area contributed by atoms with Crippen LogP contribution in [-0.2, 0) is 65.4 Å². The molecular formula is C89H148O17P2. The number of carbonyl (C=O) groups excluding carboxylic acids is 4. The normalized spacial score (nSPS) is 14.6. The van der Waals surface area contributed by atoms with Crippen molar-refractivity contribution in [3.05, 3.63) is 158 Å². The summed E-state index contributed by atoms with van der Waals surface area (Å²) < 4.78 is 68.7. The summed E-state index contributed by atoms with van der Waals surface area (Å²) in [5.41, 5.74) is 0. The summed E-state index contributed by atoms with van der Waals surface area (Å²) in [7, 11) is -9.99. The Morgan fingerprint density at radius 3 is 0.759 bits per heavy atom. The van der Waals surface area contributed by atoms with Crippen molar-refractivity contribution in [2.75, 3.05) is 39.6 Å².